The average molecular weight is 577 g/mol. The molecular weight excluding hydrogens is 543 g/mol. The van der Waals surface area contributed by atoms with E-state index in [2.05, 4.69) is 0 Å². The first-order valence-corrected chi connectivity index (χ1v) is 14.8. The molecule has 3 fully saturated rings. The minimum atomic E-state index is -4.57. The van der Waals surface area contributed by atoms with E-state index in [9.17, 15) is 37.6 Å². The van der Waals surface area contributed by atoms with E-state index in [4.69, 9.17) is 4.74 Å². The number of alkyl halides is 1. The van der Waals surface area contributed by atoms with Crippen LogP contribution in [0, 0.1) is 28.6 Å². The second-order valence-electron chi connectivity index (χ2n) is 12.2. The summed E-state index contributed by atoms with van der Waals surface area (Å²) < 4.78 is 54.4. The van der Waals surface area contributed by atoms with Crippen LogP contribution in [0.3, 0.4) is 0 Å². The van der Waals surface area contributed by atoms with E-state index in [1.54, 1.807) is 20.8 Å². The third-order valence-electron chi connectivity index (χ3n) is 10.3. The molecular formula is C29H33FO9S. The molecule has 1 aromatic rings. The molecule has 216 valence electrons. The zero-order valence-electron chi connectivity index (χ0n) is 22.5. The molecule has 3 saturated carbocycles. The Morgan fingerprint density at radius 3 is 2.58 bits per heavy atom. The van der Waals surface area contributed by atoms with Crippen LogP contribution >= 0.6 is 0 Å². The molecule has 4 aliphatic carbocycles. The highest BCUT2D eigenvalue weighted by Gasteiger charge is 2.75. The molecule has 4 aliphatic rings. The van der Waals surface area contributed by atoms with Crippen molar-refractivity contribution in [1.82, 2.24) is 0 Å². The van der Waals surface area contributed by atoms with Gasteiger partial charge in [-0.1, -0.05) is 31.6 Å². The van der Waals surface area contributed by atoms with E-state index in [0.29, 0.717) is 24.8 Å². The highest BCUT2D eigenvalue weighted by Crippen LogP contribution is 2.70. The summed E-state index contributed by atoms with van der Waals surface area (Å²) in [6.45, 7) is 4.22. The number of aliphatic hydroxyl groups excluding tert-OH is 1. The minimum Gasteiger partial charge on any atom is -0.454 e. The fraction of sp³-hybridized carbons (Fsp3) is 0.552. The van der Waals surface area contributed by atoms with Crippen molar-refractivity contribution in [3.8, 4) is 0 Å². The maximum Gasteiger partial charge on any atom is 0.338 e. The van der Waals surface area contributed by atoms with Gasteiger partial charge in [-0.25, -0.2) is 9.18 Å². The molecule has 0 aliphatic heterocycles. The molecule has 40 heavy (non-hydrogen) atoms. The second-order valence-corrected chi connectivity index (χ2v) is 13.6. The van der Waals surface area contributed by atoms with Crippen molar-refractivity contribution in [1.29, 1.82) is 0 Å². The Morgan fingerprint density at radius 1 is 1.20 bits per heavy atom. The fourth-order valence-corrected chi connectivity index (χ4v) is 8.77. The molecule has 3 N–H and O–H groups in total. The number of hydrogen-bond acceptors (Lipinski definition) is 8. The number of Topliss-reactive ketones (excluding diaryl/α,β-unsaturated/α-hetero) is 1. The Labute approximate surface area is 231 Å². The van der Waals surface area contributed by atoms with Crippen LogP contribution in [0.4, 0.5) is 4.39 Å². The second kappa shape index (κ2) is 9.14. The quantitative estimate of drug-likeness (QED) is 0.354. The number of allylic oxidation sites excluding steroid dienone is 4. The van der Waals surface area contributed by atoms with Gasteiger partial charge in [0.05, 0.1) is 16.6 Å². The minimum absolute atomic E-state index is 0.216. The number of esters is 1. The summed E-state index contributed by atoms with van der Waals surface area (Å²) in [4.78, 5) is 37.7. The summed E-state index contributed by atoms with van der Waals surface area (Å²) in [5.74, 6) is -3.86. The number of rotatable bonds is 5. The highest BCUT2D eigenvalue weighted by molar-refractivity contribution is 7.85. The monoisotopic (exact) mass is 576 g/mol. The first kappa shape index (κ1) is 28.8. The van der Waals surface area contributed by atoms with Gasteiger partial charge in [0.1, 0.15) is 5.60 Å². The summed E-state index contributed by atoms with van der Waals surface area (Å²) >= 11 is 0. The Bertz CT molecular complexity index is 1470. The van der Waals surface area contributed by atoms with E-state index < -0.39 is 79.3 Å². The lowest BCUT2D eigenvalue weighted by Gasteiger charge is -2.62. The summed E-state index contributed by atoms with van der Waals surface area (Å²) in [5, 5.41) is 23.4. The normalized spacial score (nSPS) is 40.5. The van der Waals surface area contributed by atoms with Crippen LogP contribution in [0.25, 0.3) is 0 Å². The van der Waals surface area contributed by atoms with Gasteiger partial charge in [0.2, 0.25) is 5.78 Å². The Kier molecular flexibility index (Phi) is 6.58. The number of hydrogen-bond donors (Lipinski definition) is 3. The van der Waals surface area contributed by atoms with Gasteiger partial charge in [-0.2, -0.15) is 8.42 Å². The molecule has 0 amide bonds. The summed E-state index contributed by atoms with van der Waals surface area (Å²) in [5.41, 5.74) is -6.17. The number of ether oxygens (including phenoxy) is 1. The molecule has 8 atom stereocenters. The smallest absolute Gasteiger partial charge is 0.338 e. The maximum atomic E-state index is 17.3. The molecule has 0 aromatic heterocycles. The Balaban J connectivity index is 1.41. The van der Waals surface area contributed by atoms with Crippen LogP contribution in [0.2, 0.25) is 0 Å². The zero-order chi connectivity index (χ0) is 29.5. The third kappa shape index (κ3) is 3.81. The number of carbonyl (C=O) groups is 3. The molecule has 0 radical (unpaired) electrons. The van der Waals surface area contributed by atoms with Crippen molar-refractivity contribution in [2.75, 3.05) is 6.61 Å². The first-order valence-electron chi connectivity index (χ1n) is 13.3. The third-order valence-corrected chi connectivity index (χ3v) is 11.2. The summed E-state index contributed by atoms with van der Waals surface area (Å²) in [6.07, 6.45) is 3.64. The number of benzene rings is 1. The van der Waals surface area contributed by atoms with Gasteiger partial charge in [-0.3, -0.25) is 14.1 Å². The first-order chi connectivity index (χ1) is 18.5. The van der Waals surface area contributed by atoms with E-state index in [1.807, 2.05) is 0 Å². The number of carbonyl (C=O) groups excluding carboxylic acids is 3. The molecule has 5 rings (SSSR count). The zero-order valence-corrected chi connectivity index (χ0v) is 23.3. The topological polar surface area (TPSA) is 155 Å². The van der Waals surface area contributed by atoms with E-state index in [1.165, 1.54) is 30.4 Å². The maximum absolute atomic E-state index is 17.3. The Morgan fingerprint density at radius 2 is 1.90 bits per heavy atom. The molecule has 1 aromatic carbocycles. The van der Waals surface area contributed by atoms with E-state index in [-0.39, 0.29) is 17.8 Å². The fourth-order valence-electron chi connectivity index (χ4n) is 8.25. The molecule has 0 saturated heterocycles. The van der Waals surface area contributed by atoms with Crippen molar-refractivity contribution in [3.05, 3.63) is 53.6 Å². The predicted octanol–water partition coefficient (Wildman–Crippen LogP) is 3.01. The molecule has 11 heteroatoms. The van der Waals surface area contributed by atoms with Crippen LogP contribution in [0.15, 0.2) is 53.0 Å². The van der Waals surface area contributed by atoms with Crippen molar-refractivity contribution in [3.63, 3.8) is 0 Å². The molecule has 0 heterocycles. The molecule has 0 spiro atoms. The number of aliphatic hydroxyl groups is 2. The van der Waals surface area contributed by atoms with Gasteiger partial charge < -0.3 is 14.9 Å². The number of halogens is 1. The van der Waals surface area contributed by atoms with Gasteiger partial charge in [-0.05, 0) is 74.8 Å². The largest absolute Gasteiger partial charge is 0.454 e. The van der Waals surface area contributed by atoms with Gasteiger partial charge in [0.25, 0.3) is 10.1 Å². The SMILES string of the molecule is C[C@@H]1C[C@@H]2[C@@H]3CCC4=CC(=O)C=C[C@]4(C)[C@@]3(F)[C@H](O)C[C@]2(C)[C@@]1(O)C(=O)COC(=O)c1cccc(S(=O)(=O)O)c1. The van der Waals surface area contributed by atoms with Crippen LogP contribution in [0.1, 0.15) is 56.8 Å². The lowest BCUT2D eigenvalue weighted by molar-refractivity contribution is -0.219. The van der Waals surface area contributed by atoms with Crippen molar-refractivity contribution >= 4 is 27.7 Å². The molecule has 9 nitrogen and oxygen atoms in total. The van der Waals surface area contributed by atoms with Crippen molar-refractivity contribution < 1.29 is 46.7 Å². The van der Waals surface area contributed by atoms with Gasteiger partial charge in [0.15, 0.2) is 18.1 Å². The summed E-state index contributed by atoms with van der Waals surface area (Å²) in [6, 6.07) is 4.48. The van der Waals surface area contributed by atoms with Crippen molar-refractivity contribution in [2.24, 2.45) is 28.6 Å². The van der Waals surface area contributed by atoms with Crippen LogP contribution < -0.4 is 0 Å². The predicted molar refractivity (Wildman–Crippen MR) is 139 cm³/mol. The van der Waals surface area contributed by atoms with Crippen LogP contribution in [0.5, 0.6) is 0 Å². The summed E-state index contributed by atoms with van der Waals surface area (Å²) in [7, 11) is -4.57. The van der Waals surface area contributed by atoms with E-state index >= 15 is 4.39 Å². The van der Waals surface area contributed by atoms with Crippen molar-refractivity contribution in [2.45, 2.75) is 68.7 Å². The number of fused-ring (bicyclic) bond motifs is 5. The molecule has 0 unspecified atom stereocenters. The average Bonchev–Trinajstić information content (AvgIpc) is 3.09. The standard InChI is InChI=1S/C29H33FO9S/c1-16-11-22-21-8-7-18-13-19(31)9-10-26(18,2)28(21,30)23(32)14-27(22,3)29(16,35)24(33)15-39-25(34)17-5-4-6-20(12-17)40(36,37)38/h4-6,9-10,12-13,16,21-23,32,35H,7-8,11,14-15H2,1-3H3,(H,36,37,38)/t16-,21+,22-,23-,26+,27+,28+,29+/m1/s1. The van der Waals surface area contributed by atoms with E-state index in [0.717, 1.165) is 12.1 Å². The number of ketones is 2. The Hall–Kier alpha value is -2.73. The van der Waals surface area contributed by atoms with Crippen LogP contribution in [-0.2, 0) is 24.4 Å². The van der Waals surface area contributed by atoms with Crippen LogP contribution in [-0.4, -0.2) is 64.7 Å². The van der Waals surface area contributed by atoms with Gasteiger partial charge in [-0.15, -0.1) is 0 Å². The highest BCUT2D eigenvalue weighted by atomic mass is 32.2. The lowest BCUT2D eigenvalue weighted by Crippen LogP contribution is -2.69. The molecule has 0 bridgehead atoms. The lowest BCUT2D eigenvalue weighted by atomic mass is 9.44. The van der Waals surface area contributed by atoms with Gasteiger partial charge >= 0.3 is 5.97 Å². The van der Waals surface area contributed by atoms with Gasteiger partial charge in [0, 0.05) is 16.7 Å².